The van der Waals surface area contributed by atoms with Crippen molar-refractivity contribution in [2.75, 3.05) is 0 Å². The molecule has 3 heteroatoms. The van der Waals surface area contributed by atoms with Crippen molar-refractivity contribution in [3.05, 3.63) is 76.3 Å². The van der Waals surface area contributed by atoms with E-state index in [1.165, 1.54) is 5.56 Å². The van der Waals surface area contributed by atoms with Crippen molar-refractivity contribution in [3.63, 3.8) is 0 Å². The maximum Gasteiger partial charge on any atom is 0.244 e. The zero-order chi connectivity index (χ0) is 14.4. The minimum absolute atomic E-state index is 0.111. The van der Waals surface area contributed by atoms with Crippen LogP contribution < -0.4 is 5.32 Å². The highest BCUT2D eigenvalue weighted by molar-refractivity contribution is 6.30. The molecule has 0 saturated carbocycles. The Morgan fingerprint density at radius 1 is 1.10 bits per heavy atom. The maximum atomic E-state index is 11.7. The van der Waals surface area contributed by atoms with E-state index < -0.39 is 0 Å². The molecule has 0 radical (unpaired) electrons. The van der Waals surface area contributed by atoms with Crippen LogP contribution in [0.4, 0.5) is 0 Å². The fourth-order valence-corrected chi connectivity index (χ4v) is 1.83. The summed E-state index contributed by atoms with van der Waals surface area (Å²) < 4.78 is 0. The third-order valence-electron chi connectivity index (χ3n) is 2.88. The summed E-state index contributed by atoms with van der Waals surface area (Å²) in [6, 6.07) is 15.4. The molecule has 102 valence electrons. The largest absolute Gasteiger partial charge is 0.348 e. The Hall–Kier alpha value is -2.06. The SMILES string of the molecule is Cc1ccc(/C=C/C(=O)NCc2ccc(Cl)cc2)cc1. The molecule has 1 amide bonds. The summed E-state index contributed by atoms with van der Waals surface area (Å²) in [6.45, 7) is 2.53. The molecule has 20 heavy (non-hydrogen) atoms. The summed E-state index contributed by atoms with van der Waals surface area (Å²) in [7, 11) is 0. The van der Waals surface area contributed by atoms with Crippen LogP contribution in [-0.2, 0) is 11.3 Å². The smallest absolute Gasteiger partial charge is 0.244 e. The van der Waals surface area contributed by atoms with Gasteiger partial charge in [-0.1, -0.05) is 53.6 Å². The molecule has 2 aromatic rings. The summed E-state index contributed by atoms with van der Waals surface area (Å²) in [6.07, 6.45) is 3.34. The van der Waals surface area contributed by atoms with Crippen molar-refractivity contribution < 1.29 is 4.79 Å². The highest BCUT2D eigenvalue weighted by atomic mass is 35.5. The van der Waals surface area contributed by atoms with Gasteiger partial charge in [-0.3, -0.25) is 4.79 Å². The molecule has 0 unspecified atom stereocenters. The standard InChI is InChI=1S/C17H16ClNO/c1-13-2-4-14(5-3-13)8-11-17(20)19-12-15-6-9-16(18)10-7-15/h2-11H,12H2,1H3,(H,19,20)/b11-8+. The quantitative estimate of drug-likeness (QED) is 0.846. The van der Waals surface area contributed by atoms with Crippen LogP contribution in [0, 0.1) is 6.92 Å². The van der Waals surface area contributed by atoms with Crippen molar-refractivity contribution in [2.24, 2.45) is 0 Å². The number of hydrogen-bond donors (Lipinski definition) is 1. The van der Waals surface area contributed by atoms with E-state index in [9.17, 15) is 4.79 Å². The highest BCUT2D eigenvalue weighted by Crippen LogP contribution is 2.09. The van der Waals surface area contributed by atoms with Crippen molar-refractivity contribution in [1.82, 2.24) is 5.32 Å². The fraction of sp³-hybridized carbons (Fsp3) is 0.118. The van der Waals surface area contributed by atoms with E-state index in [2.05, 4.69) is 5.32 Å². The van der Waals surface area contributed by atoms with E-state index in [4.69, 9.17) is 11.6 Å². The maximum absolute atomic E-state index is 11.7. The first-order valence-corrected chi connectivity index (χ1v) is 6.78. The van der Waals surface area contributed by atoms with Gasteiger partial charge in [-0.05, 0) is 36.3 Å². The Kier molecular flexibility index (Phi) is 4.97. The van der Waals surface area contributed by atoms with Gasteiger partial charge in [0.2, 0.25) is 5.91 Å². The van der Waals surface area contributed by atoms with Crippen LogP contribution in [0.25, 0.3) is 6.08 Å². The van der Waals surface area contributed by atoms with Crippen molar-refractivity contribution in [2.45, 2.75) is 13.5 Å². The van der Waals surface area contributed by atoms with Crippen LogP contribution in [0.15, 0.2) is 54.6 Å². The van der Waals surface area contributed by atoms with E-state index in [1.807, 2.05) is 55.5 Å². The van der Waals surface area contributed by atoms with Crippen LogP contribution in [0.3, 0.4) is 0 Å². The van der Waals surface area contributed by atoms with E-state index in [0.717, 1.165) is 11.1 Å². The fourth-order valence-electron chi connectivity index (χ4n) is 1.70. The Bertz CT molecular complexity index is 600. The molecular weight excluding hydrogens is 270 g/mol. The van der Waals surface area contributed by atoms with E-state index >= 15 is 0 Å². The lowest BCUT2D eigenvalue weighted by molar-refractivity contribution is -0.116. The topological polar surface area (TPSA) is 29.1 Å². The molecule has 0 aromatic heterocycles. The van der Waals surface area contributed by atoms with Gasteiger partial charge in [-0.25, -0.2) is 0 Å². The molecule has 2 aromatic carbocycles. The molecule has 0 aliphatic carbocycles. The Morgan fingerprint density at radius 3 is 2.40 bits per heavy atom. The number of carbonyl (C=O) groups is 1. The molecule has 0 saturated heterocycles. The lowest BCUT2D eigenvalue weighted by Crippen LogP contribution is -2.20. The minimum Gasteiger partial charge on any atom is -0.348 e. The number of benzene rings is 2. The van der Waals surface area contributed by atoms with Gasteiger partial charge in [0.1, 0.15) is 0 Å². The molecule has 0 atom stereocenters. The van der Waals surface area contributed by atoms with Crippen molar-refractivity contribution in [1.29, 1.82) is 0 Å². The lowest BCUT2D eigenvalue weighted by atomic mass is 10.1. The third kappa shape index (κ3) is 4.56. The molecule has 0 fully saturated rings. The van der Waals surface area contributed by atoms with Gasteiger partial charge in [0.05, 0.1) is 0 Å². The molecule has 0 aliphatic heterocycles. The summed E-state index contributed by atoms with van der Waals surface area (Å²) in [5.41, 5.74) is 3.23. The first kappa shape index (κ1) is 14.4. The number of hydrogen-bond acceptors (Lipinski definition) is 1. The van der Waals surface area contributed by atoms with Crippen LogP contribution in [0.1, 0.15) is 16.7 Å². The van der Waals surface area contributed by atoms with Gasteiger partial charge in [-0.15, -0.1) is 0 Å². The normalized spacial score (nSPS) is 10.7. The van der Waals surface area contributed by atoms with Crippen molar-refractivity contribution >= 4 is 23.6 Å². The second-order valence-electron chi connectivity index (χ2n) is 4.59. The van der Waals surface area contributed by atoms with E-state index in [-0.39, 0.29) is 5.91 Å². The number of amides is 1. The van der Waals surface area contributed by atoms with Gasteiger partial charge < -0.3 is 5.32 Å². The third-order valence-corrected chi connectivity index (χ3v) is 3.14. The molecule has 0 spiro atoms. The molecule has 1 N–H and O–H groups in total. The molecule has 0 aliphatic rings. The highest BCUT2D eigenvalue weighted by Gasteiger charge is 1.97. The van der Waals surface area contributed by atoms with Gasteiger partial charge in [0.25, 0.3) is 0 Å². The average molecular weight is 286 g/mol. The zero-order valence-electron chi connectivity index (χ0n) is 11.3. The van der Waals surface area contributed by atoms with Crippen molar-refractivity contribution in [3.8, 4) is 0 Å². The number of aryl methyl sites for hydroxylation is 1. The number of nitrogens with one attached hydrogen (secondary N) is 1. The zero-order valence-corrected chi connectivity index (χ0v) is 12.0. The number of rotatable bonds is 4. The van der Waals surface area contributed by atoms with Crippen LogP contribution in [0.2, 0.25) is 5.02 Å². The molecule has 2 nitrogen and oxygen atoms in total. The monoisotopic (exact) mass is 285 g/mol. The average Bonchev–Trinajstić information content (AvgIpc) is 2.46. The number of carbonyl (C=O) groups excluding carboxylic acids is 1. The first-order chi connectivity index (χ1) is 9.63. The van der Waals surface area contributed by atoms with E-state index in [0.29, 0.717) is 11.6 Å². The lowest BCUT2D eigenvalue weighted by Gasteiger charge is -2.02. The van der Waals surface area contributed by atoms with E-state index in [1.54, 1.807) is 12.2 Å². The van der Waals surface area contributed by atoms with Crippen LogP contribution in [0.5, 0.6) is 0 Å². The number of halogens is 1. The van der Waals surface area contributed by atoms with Gasteiger partial charge in [0, 0.05) is 17.6 Å². The minimum atomic E-state index is -0.111. The summed E-state index contributed by atoms with van der Waals surface area (Å²) in [5, 5.41) is 3.53. The molecule has 0 bridgehead atoms. The Labute approximate surface area is 124 Å². The molecular formula is C17H16ClNO. The summed E-state index contributed by atoms with van der Waals surface area (Å²) in [4.78, 5) is 11.7. The first-order valence-electron chi connectivity index (χ1n) is 6.40. The van der Waals surface area contributed by atoms with Gasteiger partial charge >= 0.3 is 0 Å². The Morgan fingerprint density at radius 2 is 1.75 bits per heavy atom. The predicted molar refractivity (Wildman–Crippen MR) is 83.5 cm³/mol. The second kappa shape index (κ2) is 6.92. The predicted octanol–water partition coefficient (Wildman–Crippen LogP) is 3.98. The molecule has 2 rings (SSSR count). The molecule has 0 heterocycles. The summed E-state index contributed by atoms with van der Waals surface area (Å²) >= 11 is 5.80. The second-order valence-corrected chi connectivity index (χ2v) is 5.02. The van der Waals surface area contributed by atoms with Gasteiger partial charge in [-0.2, -0.15) is 0 Å². The Balaban J connectivity index is 1.86. The van der Waals surface area contributed by atoms with Crippen LogP contribution in [-0.4, -0.2) is 5.91 Å². The van der Waals surface area contributed by atoms with Crippen LogP contribution >= 0.6 is 11.6 Å². The summed E-state index contributed by atoms with van der Waals surface area (Å²) in [5.74, 6) is -0.111. The van der Waals surface area contributed by atoms with Gasteiger partial charge in [0.15, 0.2) is 0 Å².